The summed E-state index contributed by atoms with van der Waals surface area (Å²) < 4.78 is 137. The van der Waals surface area contributed by atoms with Crippen molar-refractivity contribution in [2.24, 2.45) is 71.0 Å². The smallest absolute Gasteiger partial charge is 0.312 e. The number of carbonyl (C=O) groups excluding carboxylic acids is 5. The van der Waals surface area contributed by atoms with Crippen LogP contribution in [0.4, 0.5) is 0 Å². The van der Waals surface area contributed by atoms with Crippen molar-refractivity contribution in [1.29, 1.82) is 0 Å². The third-order valence-corrected chi connectivity index (χ3v) is 26.5. The summed E-state index contributed by atoms with van der Waals surface area (Å²) in [5.41, 5.74) is 0. The Labute approximate surface area is 598 Å². The summed E-state index contributed by atoms with van der Waals surface area (Å²) >= 11 is 0. The van der Waals surface area contributed by atoms with Crippen LogP contribution in [0.15, 0.2) is 0 Å². The van der Waals surface area contributed by atoms with E-state index in [1.807, 2.05) is 111 Å². The van der Waals surface area contributed by atoms with Crippen LogP contribution in [0.1, 0.15) is 226 Å². The van der Waals surface area contributed by atoms with Crippen molar-refractivity contribution in [3.05, 3.63) is 0 Å². The summed E-state index contributed by atoms with van der Waals surface area (Å²) in [5, 5.41) is -0.488. The predicted molar refractivity (Wildman–Crippen MR) is 370 cm³/mol. The van der Waals surface area contributed by atoms with E-state index in [4.69, 9.17) is 60.5 Å². The molecule has 0 aromatic carbocycles. The van der Waals surface area contributed by atoms with Gasteiger partial charge in [-0.1, -0.05) is 117 Å². The monoisotopic (exact) mass is 1480 g/mol. The standard InChI is InChI=1S/C9H12O2.2C8H10O3.C8H12O2.C7H8O5.C7H10O3S.C6H8O4S.C3H6O3S.8C2H6/c10-9-8-3-5-1-6(4-11-9)7(8)2-5;9-8-6-2-5-1-4(3-10-8)7(6)11-5;9-8-7-4(3-10-8)5-1-2-6(7)11-5;9-8-7-3-1-2-6(4-7)5-10-8;8-4-1-3-5(12-4)6-7(11-3)10-2-9-6;8-11(9)7-3-4-1-5(7)6(2-4)10-11;7-11(8)5-2-3-1-4(10-11)6(5)9-3;4-7(5)3-1-2-6-7;8*1-2/h5-8H,1-4H2;2*4-7H,1-3H2;6-7H,1-5H2;3,5-7H,1-2H2;4-7H,1-3H2;3-6H,1-2H2;1-3H2;8*1-2H3. The summed E-state index contributed by atoms with van der Waals surface area (Å²) in [6.45, 7) is 35.2. The number of carbonyl (C=O) groups is 5. The molecule has 0 amide bonds. The molecule has 26 unspecified atom stereocenters. The average Bonchev–Trinajstić information content (AvgIpc) is 1.59. The predicted octanol–water partition coefficient (Wildman–Crippen LogP) is 10.7. The Hall–Kier alpha value is -3.16. The van der Waals surface area contributed by atoms with Gasteiger partial charge in [0.25, 0.3) is 30.4 Å². The quantitative estimate of drug-likeness (QED) is 0.124. The highest BCUT2D eigenvalue weighted by molar-refractivity contribution is 7.88. The van der Waals surface area contributed by atoms with Gasteiger partial charge >= 0.3 is 29.8 Å². The number of cyclic esters (lactones) is 4. The van der Waals surface area contributed by atoms with Crippen molar-refractivity contribution in [2.75, 3.05) is 45.6 Å². The van der Waals surface area contributed by atoms with Crippen LogP contribution < -0.4 is 0 Å². The maximum atomic E-state index is 11.3. The second kappa shape index (κ2) is 40.0. The number of hydrogen-bond acceptors (Lipinski definition) is 25. The van der Waals surface area contributed by atoms with E-state index in [0.29, 0.717) is 99.3 Å². The molecule has 21 rings (SSSR count). The fourth-order valence-corrected chi connectivity index (χ4v) is 22.4. The SMILES string of the molecule is CC.CC.CC.CC.CC.CC.CC.CC.O=C1CC2OC3OCOC3C2O1.O=C1OCC2C3CCC(O3)C12.O=C1OCC2CC3CC1C2C3.O=C1OCC2CC3CC1C2O3.O=C1OCC2CCCC1C2.O=S1(=O)CCCO1.O=S1(=O)OC2CC3CC1C2O3.O=S1(=O)OC2CC3CC2C1C3. The topological polar surface area (TPSA) is 317 Å². The van der Waals surface area contributed by atoms with E-state index in [9.17, 15) is 49.2 Å². The lowest BCUT2D eigenvalue weighted by molar-refractivity contribution is -0.161. The van der Waals surface area contributed by atoms with Gasteiger partial charge in [0.1, 0.15) is 23.6 Å². The number of ether oxygens (including phenoxy) is 11. The van der Waals surface area contributed by atoms with Crippen molar-refractivity contribution in [2.45, 2.75) is 310 Å². The molecule has 21 aliphatic rings. The molecule has 16 saturated heterocycles. The minimum absolute atomic E-state index is 0.0257. The van der Waals surface area contributed by atoms with E-state index >= 15 is 0 Å². The zero-order valence-corrected chi connectivity index (χ0v) is 65.1. The first kappa shape index (κ1) is 85.8. The molecule has 0 aromatic rings. The molecular formula is C72H124O25S3. The first-order chi connectivity index (χ1) is 48.3. The first-order valence-corrected chi connectivity index (χ1v) is 43.2. The lowest BCUT2D eigenvalue weighted by Crippen LogP contribution is -2.41. The van der Waals surface area contributed by atoms with E-state index in [0.717, 1.165) is 89.1 Å². The molecule has 26 atom stereocenters. The van der Waals surface area contributed by atoms with Crippen LogP contribution in [0.5, 0.6) is 0 Å². The molecule has 16 heterocycles. The zero-order chi connectivity index (χ0) is 74.0. The molecule has 16 aliphatic heterocycles. The minimum Gasteiger partial charge on any atom is -0.465 e. The highest BCUT2D eigenvalue weighted by Crippen LogP contribution is 2.56. The van der Waals surface area contributed by atoms with Gasteiger partial charge in [-0.2, -0.15) is 25.3 Å². The summed E-state index contributed by atoms with van der Waals surface area (Å²) in [6, 6.07) is 0. The maximum absolute atomic E-state index is 11.3. The Morgan fingerprint density at radius 1 is 0.390 bits per heavy atom. The largest absolute Gasteiger partial charge is 0.465 e. The van der Waals surface area contributed by atoms with Crippen molar-refractivity contribution in [1.82, 2.24) is 0 Å². The van der Waals surface area contributed by atoms with Crippen LogP contribution in [-0.2, 0) is 119 Å². The molecule has 0 spiro atoms. The summed E-state index contributed by atoms with van der Waals surface area (Å²) in [6.07, 6.45) is 18.0. The zero-order valence-electron chi connectivity index (χ0n) is 62.6. The molecule has 580 valence electrons. The van der Waals surface area contributed by atoms with E-state index in [1.54, 1.807) is 0 Å². The van der Waals surface area contributed by atoms with Crippen molar-refractivity contribution >= 4 is 60.2 Å². The van der Waals surface area contributed by atoms with Gasteiger partial charge in [0.15, 0.2) is 25.3 Å². The molecule has 5 aliphatic carbocycles. The maximum Gasteiger partial charge on any atom is 0.312 e. The molecule has 28 heteroatoms. The lowest BCUT2D eigenvalue weighted by Gasteiger charge is -2.32. The summed E-state index contributed by atoms with van der Waals surface area (Å²) in [5.74, 6) is 5.69. The van der Waals surface area contributed by atoms with E-state index in [2.05, 4.69) is 4.18 Å². The van der Waals surface area contributed by atoms with Crippen LogP contribution in [0.25, 0.3) is 0 Å². The van der Waals surface area contributed by atoms with Crippen LogP contribution in [-0.4, -0.2) is 185 Å². The molecule has 25 nitrogen and oxygen atoms in total. The molecule has 0 radical (unpaired) electrons. The fraction of sp³-hybridized carbons (Fsp3) is 0.931. The second-order valence-corrected chi connectivity index (χ2v) is 32.0. The van der Waals surface area contributed by atoms with Crippen LogP contribution in [0, 0.1) is 71.0 Å². The van der Waals surface area contributed by atoms with Crippen molar-refractivity contribution in [3.8, 4) is 0 Å². The number of hydrogen-bond donors (Lipinski definition) is 0. The van der Waals surface area contributed by atoms with E-state index in [-0.39, 0.29) is 132 Å². The van der Waals surface area contributed by atoms with Gasteiger partial charge in [-0.05, 0) is 126 Å². The molecular weight excluding hydrogens is 1360 g/mol. The molecule has 21 fully saturated rings. The van der Waals surface area contributed by atoms with Crippen molar-refractivity contribution in [3.63, 3.8) is 0 Å². The van der Waals surface area contributed by atoms with E-state index in [1.165, 1.54) is 25.7 Å². The highest BCUT2D eigenvalue weighted by Gasteiger charge is 2.62. The Kier molecular flexibility index (Phi) is 34.3. The van der Waals surface area contributed by atoms with E-state index < -0.39 is 30.4 Å². The molecule has 5 saturated carbocycles. The van der Waals surface area contributed by atoms with Gasteiger partial charge in [0.2, 0.25) is 0 Å². The second-order valence-electron chi connectivity index (χ2n) is 26.7. The Morgan fingerprint density at radius 3 is 1.56 bits per heavy atom. The number of esters is 5. The molecule has 12 bridgehead atoms. The minimum atomic E-state index is -3.26. The third-order valence-electron chi connectivity index (χ3n) is 21.6. The average molecular weight is 1490 g/mol. The summed E-state index contributed by atoms with van der Waals surface area (Å²) in [4.78, 5) is 55.3. The highest BCUT2D eigenvalue weighted by atomic mass is 32.2. The fourth-order valence-electron chi connectivity index (χ4n) is 17.9. The van der Waals surface area contributed by atoms with Gasteiger partial charge < -0.3 is 52.1 Å². The molecule has 0 N–H and O–H groups in total. The van der Waals surface area contributed by atoms with Crippen molar-refractivity contribution < 1.29 is 114 Å². The first-order valence-electron chi connectivity index (χ1n) is 38.7. The summed E-state index contributed by atoms with van der Waals surface area (Å²) in [7, 11) is -9.43. The van der Waals surface area contributed by atoms with Gasteiger partial charge in [-0.3, -0.25) is 36.5 Å². The van der Waals surface area contributed by atoms with Gasteiger partial charge in [0.05, 0.1) is 111 Å². The Morgan fingerprint density at radius 2 is 1.00 bits per heavy atom. The number of rotatable bonds is 0. The van der Waals surface area contributed by atoms with Gasteiger partial charge in [-0.25, -0.2) is 0 Å². The normalized spacial score (nSPS) is 42.4. The number of fused-ring (bicyclic) bond motifs is 14. The van der Waals surface area contributed by atoms with Crippen LogP contribution >= 0.6 is 0 Å². The molecule has 0 aromatic heterocycles. The Bertz CT molecular complexity index is 2790. The van der Waals surface area contributed by atoms with Gasteiger partial charge in [0, 0.05) is 24.2 Å². The van der Waals surface area contributed by atoms with Gasteiger partial charge in [-0.15, -0.1) is 0 Å². The Balaban J connectivity index is 0.000000175. The van der Waals surface area contributed by atoms with Crippen LogP contribution in [0.2, 0.25) is 0 Å². The third kappa shape index (κ3) is 19.9. The lowest BCUT2D eigenvalue weighted by atomic mass is 9.79. The molecule has 100 heavy (non-hydrogen) atoms. The van der Waals surface area contributed by atoms with Crippen LogP contribution in [0.3, 0.4) is 0 Å².